The van der Waals surface area contributed by atoms with Crippen molar-refractivity contribution in [2.45, 2.75) is 27.2 Å². The zero-order valence-corrected chi connectivity index (χ0v) is 14.1. The Hall–Kier alpha value is 1.82. The van der Waals surface area contributed by atoms with Crippen LogP contribution in [0.1, 0.15) is 27.2 Å². The molecule has 0 aliphatic heterocycles. The second kappa shape index (κ2) is 8.42. The van der Waals surface area contributed by atoms with Crippen LogP contribution in [0, 0.1) is 6.08 Å². The van der Waals surface area contributed by atoms with Crippen molar-refractivity contribution in [2.75, 3.05) is 0 Å². The van der Waals surface area contributed by atoms with E-state index >= 15 is 0 Å². The van der Waals surface area contributed by atoms with Gasteiger partial charge in [0.25, 0.3) is 0 Å². The SMILES string of the molecule is CC1=[C-]CC(C)=C1C.I.I.[Zr]. The van der Waals surface area contributed by atoms with E-state index in [1.54, 1.807) is 0 Å². The van der Waals surface area contributed by atoms with Crippen molar-refractivity contribution >= 4 is 48.0 Å². The Kier molecular flexibility index (Phi) is 14.2. The van der Waals surface area contributed by atoms with Crippen LogP contribution < -0.4 is 0 Å². The maximum Gasteiger partial charge on any atom is 0 e. The maximum absolute atomic E-state index is 3.26. The predicted molar refractivity (Wildman–Crippen MR) is 66.3 cm³/mol. The van der Waals surface area contributed by atoms with Gasteiger partial charge in [-0.25, -0.2) is 5.57 Å². The number of hydrogen-bond acceptors (Lipinski definition) is 0. The molecule has 0 amide bonds. The molecule has 0 heterocycles. The topological polar surface area (TPSA) is 0 Å². The Morgan fingerprint density at radius 2 is 1.55 bits per heavy atom. The molecular formula is C8H13I2Zr-. The number of rotatable bonds is 0. The molecule has 0 nitrogen and oxygen atoms in total. The summed E-state index contributed by atoms with van der Waals surface area (Å²) in [5, 5.41) is 0. The van der Waals surface area contributed by atoms with Crippen molar-refractivity contribution in [3.8, 4) is 0 Å². The minimum absolute atomic E-state index is 0. The monoisotopic (exact) mass is 453 g/mol. The van der Waals surface area contributed by atoms with Crippen LogP contribution in [0.4, 0.5) is 0 Å². The molecule has 0 unspecified atom stereocenters. The number of allylic oxidation sites excluding steroid dienone is 4. The summed E-state index contributed by atoms with van der Waals surface area (Å²) in [5.74, 6) is 0. The van der Waals surface area contributed by atoms with Crippen LogP contribution in [-0.2, 0) is 26.2 Å². The number of halogens is 2. The van der Waals surface area contributed by atoms with Crippen molar-refractivity contribution in [1.82, 2.24) is 0 Å². The summed E-state index contributed by atoms with van der Waals surface area (Å²) < 4.78 is 0. The van der Waals surface area contributed by atoms with Crippen LogP contribution >= 0.6 is 48.0 Å². The molecule has 0 radical (unpaired) electrons. The van der Waals surface area contributed by atoms with Gasteiger partial charge >= 0.3 is 0 Å². The van der Waals surface area contributed by atoms with Gasteiger partial charge < -0.3 is 0 Å². The van der Waals surface area contributed by atoms with Gasteiger partial charge in [-0.2, -0.15) is 11.1 Å². The molecule has 0 aromatic rings. The van der Waals surface area contributed by atoms with E-state index in [4.69, 9.17) is 0 Å². The van der Waals surface area contributed by atoms with Crippen molar-refractivity contribution in [2.24, 2.45) is 0 Å². The smallest absolute Gasteiger partial charge is 0 e. The molecule has 0 saturated heterocycles. The Morgan fingerprint density at radius 1 is 1.09 bits per heavy atom. The van der Waals surface area contributed by atoms with Crippen LogP contribution in [0.2, 0.25) is 0 Å². The fourth-order valence-electron chi connectivity index (χ4n) is 0.850. The maximum atomic E-state index is 3.26. The third kappa shape index (κ3) is 5.19. The van der Waals surface area contributed by atoms with Gasteiger partial charge in [0, 0.05) is 26.2 Å². The third-order valence-electron chi connectivity index (χ3n) is 1.82. The fraction of sp³-hybridized carbons (Fsp3) is 0.500. The van der Waals surface area contributed by atoms with Crippen LogP contribution in [0.3, 0.4) is 0 Å². The molecule has 0 fully saturated rings. The molecule has 3 heteroatoms. The summed E-state index contributed by atoms with van der Waals surface area (Å²) in [4.78, 5) is 0. The first kappa shape index (κ1) is 18.6. The number of hydrogen-bond donors (Lipinski definition) is 0. The van der Waals surface area contributed by atoms with E-state index in [1.807, 2.05) is 0 Å². The van der Waals surface area contributed by atoms with Crippen LogP contribution in [0.25, 0.3) is 0 Å². The second-order valence-electron chi connectivity index (χ2n) is 2.38. The minimum atomic E-state index is 0. The Bertz CT molecular complexity index is 165. The normalized spacial score (nSPS) is 14.3. The van der Waals surface area contributed by atoms with Crippen LogP contribution in [-0.4, -0.2) is 0 Å². The van der Waals surface area contributed by atoms with Crippen LogP contribution in [0.5, 0.6) is 0 Å². The van der Waals surface area contributed by atoms with Crippen molar-refractivity contribution < 1.29 is 26.2 Å². The van der Waals surface area contributed by atoms with E-state index in [2.05, 4.69) is 26.8 Å². The summed E-state index contributed by atoms with van der Waals surface area (Å²) >= 11 is 0. The zero-order valence-electron chi connectivity index (χ0n) is 7.02. The first-order chi connectivity index (χ1) is 3.72. The van der Waals surface area contributed by atoms with Gasteiger partial charge in [0.05, 0.1) is 0 Å². The van der Waals surface area contributed by atoms with E-state index in [-0.39, 0.29) is 74.2 Å². The third-order valence-corrected chi connectivity index (χ3v) is 1.82. The molecule has 0 bridgehead atoms. The van der Waals surface area contributed by atoms with Gasteiger partial charge in [-0.3, -0.25) is 6.08 Å². The molecule has 0 aromatic carbocycles. The Morgan fingerprint density at radius 3 is 1.64 bits per heavy atom. The van der Waals surface area contributed by atoms with Crippen LogP contribution in [0.15, 0.2) is 16.7 Å². The molecule has 1 rings (SSSR count). The Labute approximate surface area is 122 Å². The molecule has 1 aliphatic carbocycles. The van der Waals surface area contributed by atoms with Gasteiger partial charge in [0.2, 0.25) is 0 Å². The first-order valence-corrected chi connectivity index (χ1v) is 2.96. The second-order valence-corrected chi connectivity index (χ2v) is 2.38. The molecule has 0 atom stereocenters. The average Bonchev–Trinajstić information content (AvgIpc) is 1.98. The van der Waals surface area contributed by atoms with Crippen molar-refractivity contribution in [3.05, 3.63) is 22.8 Å². The van der Waals surface area contributed by atoms with Gasteiger partial charge in [-0.15, -0.1) is 61.3 Å². The predicted octanol–water partition coefficient (Wildman–Crippen LogP) is 3.71. The van der Waals surface area contributed by atoms with E-state index < -0.39 is 0 Å². The van der Waals surface area contributed by atoms with E-state index in [9.17, 15) is 0 Å². The largest absolute Gasteiger partial charge is 0.269 e. The summed E-state index contributed by atoms with van der Waals surface area (Å²) in [7, 11) is 0. The van der Waals surface area contributed by atoms with Crippen molar-refractivity contribution in [1.29, 1.82) is 0 Å². The van der Waals surface area contributed by atoms with E-state index in [1.165, 1.54) is 16.7 Å². The quantitative estimate of drug-likeness (QED) is 0.387. The fourth-order valence-corrected chi connectivity index (χ4v) is 0.850. The zero-order chi connectivity index (χ0) is 6.15. The Balaban J connectivity index is -0.000000213. The standard InChI is InChI=1S/C8H11.2HI.Zr/c1-6-4-5-7(2)8(6)3;;;/h4H2,1-3H3;2*1H;/q-1;;;. The molecule has 0 saturated carbocycles. The van der Waals surface area contributed by atoms with Crippen molar-refractivity contribution in [3.63, 3.8) is 0 Å². The summed E-state index contributed by atoms with van der Waals surface area (Å²) in [6.07, 6.45) is 4.31. The summed E-state index contributed by atoms with van der Waals surface area (Å²) in [5.41, 5.74) is 4.25. The summed E-state index contributed by atoms with van der Waals surface area (Å²) in [6, 6.07) is 0. The molecule has 64 valence electrons. The van der Waals surface area contributed by atoms with Gasteiger partial charge in [0.1, 0.15) is 0 Å². The molecule has 0 aromatic heterocycles. The van der Waals surface area contributed by atoms with Gasteiger partial charge in [-0.1, -0.05) is 13.8 Å². The van der Waals surface area contributed by atoms with E-state index in [0.29, 0.717) is 0 Å². The van der Waals surface area contributed by atoms with Gasteiger partial charge in [-0.05, 0) is 0 Å². The summed E-state index contributed by atoms with van der Waals surface area (Å²) in [6.45, 7) is 6.44. The minimum Gasteiger partial charge on any atom is -0.269 e. The van der Waals surface area contributed by atoms with E-state index in [0.717, 1.165) is 6.42 Å². The molecular weight excluding hydrogens is 441 g/mol. The molecule has 1 aliphatic rings. The average molecular weight is 454 g/mol. The van der Waals surface area contributed by atoms with Gasteiger partial charge in [0.15, 0.2) is 0 Å². The molecule has 0 N–H and O–H groups in total. The molecule has 0 spiro atoms. The first-order valence-electron chi connectivity index (χ1n) is 2.96. The molecule has 11 heavy (non-hydrogen) atoms.